The number of hydrogen-bond donors (Lipinski definition) is 0. The first-order chi connectivity index (χ1) is 9.79. The summed E-state index contributed by atoms with van der Waals surface area (Å²) in [7, 11) is 0. The van der Waals surface area contributed by atoms with Crippen LogP contribution in [0.15, 0.2) is 24.3 Å². The third-order valence-electron chi connectivity index (χ3n) is 2.55. The quantitative estimate of drug-likeness (QED) is 0.345. The average molecular weight is 295 g/mol. The maximum atomic E-state index is 11.6. The number of nitro benzene ring substituents is 1. The van der Waals surface area contributed by atoms with Gasteiger partial charge < -0.3 is 9.47 Å². The lowest BCUT2D eigenvalue weighted by Crippen LogP contribution is -2.24. The molecule has 0 amide bonds. The molecule has 114 valence electrons. The Kier molecular flexibility index (Phi) is 5.83. The van der Waals surface area contributed by atoms with Gasteiger partial charge in [0, 0.05) is 19.1 Å². The number of nitrogens with zero attached hydrogens (tertiary/aromatic N) is 1. The summed E-state index contributed by atoms with van der Waals surface area (Å²) in [6.07, 6.45) is -1.02. The Morgan fingerprint density at radius 2 is 1.71 bits per heavy atom. The third kappa shape index (κ3) is 5.60. The van der Waals surface area contributed by atoms with Gasteiger partial charge in [0.2, 0.25) is 6.29 Å². The number of carbonyl (C=O) groups is 2. The topological polar surface area (TPSA) is 95.7 Å². The van der Waals surface area contributed by atoms with Crippen molar-refractivity contribution in [3.63, 3.8) is 0 Å². The molecule has 21 heavy (non-hydrogen) atoms. The molecule has 0 aliphatic rings. The zero-order valence-electron chi connectivity index (χ0n) is 12.1. The van der Waals surface area contributed by atoms with E-state index >= 15 is 0 Å². The van der Waals surface area contributed by atoms with Crippen molar-refractivity contribution in [2.45, 2.75) is 33.5 Å². The highest BCUT2D eigenvalue weighted by molar-refractivity contribution is 5.74. The van der Waals surface area contributed by atoms with Crippen molar-refractivity contribution in [1.82, 2.24) is 0 Å². The van der Waals surface area contributed by atoms with E-state index < -0.39 is 23.2 Å². The molecule has 0 aliphatic carbocycles. The molecule has 0 N–H and O–H groups in total. The molecule has 1 atom stereocenters. The molecule has 0 saturated carbocycles. The van der Waals surface area contributed by atoms with Crippen LogP contribution in [0.5, 0.6) is 0 Å². The minimum absolute atomic E-state index is 0.0497. The zero-order chi connectivity index (χ0) is 16.0. The second kappa shape index (κ2) is 7.37. The summed E-state index contributed by atoms with van der Waals surface area (Å²) in [6, 6.07) is 5.57. The van der Waals surface area contributed by atoms with Gasteiger partial charge in [-0.05, 0) is 5.56 Å². The van der Waals surface area contributed by atoms with Crippen LogP contribution in [-0.2, 0) is 25.5 Å². The largest absolute Gasteiger partial charge is 0.425 e. The molecule has 7 heteroatoms. The van der Waals surface area contributed by atoms with Gasteiger partial charge in [-0.25, -0.2) is 0 Å². The van der Waals surface area contributed by atoms with Gasteiger partial charge in [-0.1, -0.05) is 26.0 Å². The normalized spacial score (nSPS) is 11.8. The molecule has 1 unspecified atom stereocenters. The minimum Gasteiger partial charge on any atom is -0.425 e. The molecule has 0 aromatic heterocycles. The van der Waals surface area contributed by atoms with Crippen LogP contribution >= 0.6 is 0 Å². The highest BCUT2D eigenvalue weighted by Crippen LogP contribution is 2.13. The van der Waals surface area contributed by atoms with E-state index in [1.165, 1.54) is 31.2 Å². The van der Waals surface area contributed by atoms with Crippen LogP contribution in [-0.4, -0.2) is 23.2 Å². The number of benzene rings is 1. The van der Waals surface area contributed by atoms with E-state index in [0.29, 0.717) is 5.56 Å². The first kappa shape index (κ1) is 16.6. The van der Waals surface area contributed by atoms with Crippen molar-refractivity contribution < 1.29 is 24.0 Å². The summed E-state index contributed by atoms with van der Waals surface area (Å²) in [5, 5.41) is 10.5. The summed E-state index contributed by atoms with van der Waals surface area (Å²) in [5.74, 6) is -1.33. The predicted molar refractivity (Wildman–Crippen MR) is 73.3 cm³/mol. The third-order valence-corrected chi connectivity index (χ3v) is 2.55. The fraction of sp³-hybridized carbons (Fsp3) is 0.429. The molecule has 0 saturated heterocycles. The summed E-state index contributed by atoms with van der Waals surface area (Å²) in [4.78, 5) is 32.9. The van der Waals surface area contributed by atoms with Crippen molar-refractivity contribution in [3.05, 3.63) is 39.9 Å². The van der Waals surface area contributed by atoms with Gasteiger partial charge >= 0.3 is 11.9 Å². The van der Waals surface area contributed by atoms with Gasteiger partial charge in [0.1, 0.15) is 0 Å². The molecule has 0 radical (unpaired) electrons. The van der Waals surface area contributed by atoms with Crippen molar-refractivity contribution in [3.8, 4) is 0 Å². The first-order valence-corrected chi connectivity index (χ1v) is 6.43. The minimum atomic E-state index is -0.967. The van der Waals surface area contributed by atoms with E-state index in [9.17, 15) is 19.7 Å². The molecule has 0 heterocycles. The Morgan fingerprint density at radius 3 is 2.19 bits per heavy atom. The zero-order valence-corrected chi connectivity index (χ0v) is 12.1. The van der Waals surface area contributed by atoms with E-state index in [1.807, 2.05) is 0 Å². The van der Waals surface area contributed by atoms with Gasteiger partial charge in [-0.2, -0.15) is 0 Å². The van der Waals surface area contributed by atoms with Crippen molar-refractivity contribution in [1.29, 1.82) is 0 Å². The van der Waals surface area contributed by atoms with E-state index in [1.54, 1.807) is 13.8 Å². The van der Waals surface area contributed by atoms with Crippen molar-refractivity contribution in [2.75, 3.05) is 0 Å². The maximum Gasteiger partial charge on any atom is 0.313 e. The summed E-state index contributed by atoms with van der Waals surface area (Å²) in [6.45, 7) is 4.80. The van der Waals surface area contributed by atoms with Crippen LogP contribution in [0.1, 0.15) is 26.3 Å². The van der Waals surface area contributed by atoms with E-state index in [-0.39, 0.29) is 18.0 Å². The van der Waals surface area contributed by atoms with E-state index in [2.05, 4.69) is 0 Å². The van der Waals surface area contributed by atoms with Crippen LogP contribution in [0, 0.1) is 16.0 Å². The first-order valence-electron chi connectivity index (χ1n) is 6.43. The fourth-order valence-electron chi connectivity index (χ4n) is 1.45. The van der Waals surface area contributed by atoms with Gasteiger partial charge in [-0.15, -0.1) is 0 Å². The lowest BCUT2D eigenvalue weighted by atomic mass is 10.1. The lowest BCUT2D eigenvalue weighted by Gasteiger charge is -2.15. The van der Waals surface area contributed by atoms with Crippen LogP contribution in [0.3, 0.4) is 0 Å². The van der Waals surface area contributed by atoms with Crippen LogP contribution in [0.25, 0.3) is 0 Å². The summed E-state index contributed by atoms with van der Waals surface area (Å²) < 4.78 is 9.84. The smallest absolute Gasteiger partial charge is 0.313 e. The molecule has 0 aliphatic heterocycles. The summed E-state index contributed by atoms with van der Waals surface area (Å²) >= 11 is 0. The number of non-ortho nitro benzene ring substituents is 1. The van der Waals surface area contributed by atoms with Gasteiger partial charge in [-0.3, -0.25) is 19.7 Å². The Labute approximate surface area is 122 Å². The van der Waals surface area contributed by atoms with Crippen LogP contribution in [0.2, 0.25) is 0 Å². The molecular formula is C14H17NO6. The highest BCUT2D eigenvalue weighted by atomic mass is 16.7. The number of ether oxygens (including phenoxy) is 2. The molecule has 7 nitrogen and oxygen atoms in total. The van der Waals surface area contributed by atoms with Gasteiger partial charge in [0.05, 0.1) is 17.3 Å². The lowest BCUT2D eigenvalue weighted by molar-refractivity contribution is -0.384. The molecule has 0 bridgehead atoms. The van der Waals surface area contributed by atoms with Crippen molar-refractivity contribution >= 4 is 17.6 Å². The number of rotatable bonds is 6. The Hall–Kier alpha value is -2.44. The monoisotopic (exact) mass is 295 g/mol. The Morgan fingerprint density at radius 1 is 1.14 bits per heavy atom. The molecule has 0 fully saturated rings. The predicted octanol–water partition coefficient (Wildman–Crippen LogP) is 2.23. The van der Waals surface area contributed by atoms with Gasteiger partial charge in [0.15, 0.2) is 0 Å². The number of hydrogen-bond acceptors (Lipinski definition) is 6. The van der Waals surface area contributed by atoms with Crippen LogP contribution in [0.4, 0.5) is 5.69 Å². The molecular weight excluding hydrogens is 278 g/mol. The van der Waals surface area contributed by atoms with Crippen LogP contribution < -0.4 is 0 Å². The van der Waals surface area contributed by atoms with Gasteiger partial charge in [0.25, 0.3) is 5.69 Å². The molecule has 1 rings (SSSR count). The standard InChI is InChI=1S/C14H17NO6/c1-9(2)14(17)21-10(3)20-13(16)8-11-4-6-12(7-5-11)15(18)19/h4-7,9-10H,8H2,1-3H3. The molecule has 1 aromatic carbocycles. The molecule has 0 spiro atoms. The number of carbonyl (C=O) groups excluding carboxylic acids is 2. The fourth-order valence-corrected chi connectivity index (χ4v) is 1.45. The average Bonchev–Trinajstić information content (AvgIpc) is 2.38. The molecule has 1 aromatic rings. The highest BCUT2D eigenvalue weighted by Gasteiger charge is 2.17. The van der Waals surface area contributed by atoms with E-state index in [0.717, 1.165) is 0 Å². The van der Waals surface area contributed by atoms with E-state index in [4.69, 9.17) is 9.47 Å². The Bertz CT molecular complexity index is 523. The SMILES string of the molecule is CC(OC(=O)Cc1ccc([N+](=O)[O-])cc1)OC(=O)C(C)C. The Balaban J connectivity index is 2.49. The maximum absolute atomic E-state index is 11.6. The van der Waals surface area contributed by atoms with Crippen molar-refractivity contribution in [2.24, 2.45) is 5.92 Å². The summed E-state index contributed by atoms with van der Waals surface area (Å²) in [5.41, 5.74) is 0.527. The number of esters is 2. The second-order valence-corrected chi connectivity index (χ2v) is 4.75. The second-order valence-electron chi connectivity index (χ2n) is 4.75. The number of nitro groups is 1.